The maximum Gasteiger partial charge on any atom is 0.235 e. The van der Waals surface area contributed by atoms with Gasteiger partial charge in [0.25, 0.3) is 0 Å². The van der Waals surface area contributed by atoms with Gasteiger partial charge < -0.3 is 9.30 Å². The van der Waals surface area contributed by atoms with Gasteiger partial charge in [0, 0.05) is 29.7 Å². The van der Waals surface area contributed by atoms with E-state index in [1.54, 1.807) is 13.2 Å². The lowest BCUT2D eigenvalue weighted by Crippen LogP contribution is -2.20. The molecule has 4 heteroatoms. The molecule has 0 spiro atoms. The number of fused-ring (bicyclic) bond motifs is 1. The van der Waals surface area contributed by atoms with Crippen LogP contribution in [0.2, 0.25) is 0 Å². The Morgan fingerprint density at radius 2 is 2.05 bits per heavy atom. The minimum absolute atomic E-state index is 0.464. The zero-order chi connectivity index (χ0) is 14.2. The lowest BCUT2D eigenvalue weighted by molar-refractivity contribution is 0.382. The number of carbonyl (C=O) groups excluding carboxylic acids is 1. The topological polar surface area (TPSA) is 43.6 Å². The molecule has 1 saturated carbocycles. The van der Waals surface area contributed by atoms with Crippen LogP contribution in [0.5, 0.6) is 5.75 Å². The predicted octanol–water partition coefficient (Wildman–Crippen LogP) is 3.29. The maximum absolute atomic E-state index is 10.9. The number of benzene rings is 1. The van der Waals surface area contributed by atoms with Crippen molar-refractivity contribution in [3.63, 3.8) is 0 Å². The Kier molecular flexibility index (Phi) is 3.11. The Hall–Kier alpha value is -2.06. The SMILES string of the molecule is COc1ccc2c(ccn2C)c1C1(N=C=O)CCCC1. The van der Waals surface area contributed by atoms with E-state index in [2.05, 4.69) is 15.6 Å². The van der Waals surface area contributed by atoms with Crippen molar-refractivity contribution in [2.75, 3.05) is 7.11 Å². The zero-order valence-electron chi connectivity index (χ0n) is 11.8. The highest BCUT2D eigenvalue weighted by Gasteiger charge is 2.39. The third-order valence-electron chi connectivity index (χ3n) is 4.40. The number of aliphatic imine (C=N–C) groups is 1. The van der Waals surface area contributed by atoms with Crippen LogP contribution in [-0.4, -0.2) is 17.8 Å². The third-order valence-corrected chi connectivity index (χ3v) is 4.40. The molecular weight excluding hydrogens is 252 g/mol. The molecule has 0 atom stereocenters. The van der Waals surface area contributed by atoms with Crippen LogP contribution in [0.3, 0.4) is 0 Å². The van der Waals surface area contributed by atoms with Gasteiger partial charge in [-0.05, 0) is 31.0 Å². The molecule has 1 fully saturated rings. The molecule has 104 valence electrons. The summed E-state index contributed by atoms with van der Waals surface area (Å²) in [5.74, 6) is 0.810. The average molecular weight is 270 g/mol. The molecule has 0 bridgehead atoms. The molecule has 3 rings (SSSR count). The number of nitrogens with zero attached hydrogens (tertiary/aromatic N) is 2. The molecule has 0 unspecified atom stereocenters. The number of isocyanates is 1. The standard InChI is InChI=1S/C16H18N2O2/c1-18-10-7-12-13(18)5-6-14(20-2)15(12)16(17-11-19)8-3-4-9-16/h5-7,10H,3-4,8-9H2,1-2H3. The zero-order valence-corrected chi connectivity index (χ0v) is 11.8. The molecule has 0 N–H and O–H groups in total. The first-order valence-corrected chi connectivity index (χ1v) is 6.93. The van der Waals surface area contributed by atoms with Crippen LogP contribution in [0.25, 0.3) is 10.9 Å². The van der Waals surface area contributed by atoms with Gasteiger partial charge >= 0.3 is 0 Å². The van der Waals surface area contributed by atoms with Crippen molar-refractivity contribution < 1.29 is 9.53 Å². The summed E-state index contributed by atoms with van der Waals surface area (Å²) in [6, 6.07) is 6.09. The summed E-state index contributed by atoms with van der Waals surface area (Å²) in [6.45, 7) is 0. The largest absolute Gasteiger partial charge is 0.496 e. The first-order valence-electron chi connectivity index (χ1n) is 6.93. The second kappa shape index (κ2) is 4.80. The third kappa shape index (κ3) is 1.76. The van der Waals surface area contributed by atoms with E-state index in [0.717, 1.165) is 47.9 Å². The highest BCUT2D eigenvalue weighted by Crippen LogP contribution is 2.48. The van der Waals surface area contributed by atoms with Crippen molar-refractivity contribution in [3.8, 4) is 5.75 Å². The molecule has 4 nitrogen and oxygen atoms in total. The molecule has 0 saturated heterocycles. The first-order chi connectivity index (χ1) is 9.72. The lowest BCUT2D eigenvalue weighted by atomic mass is 9.86. The van der Waals surface area contributed by atoms with Gasteiger partial charge in [0.05, 0.1) is 7.11 Å². The Morgan fingerprint density at radius 3 is 2.70 bits per heavy atom. The maximum atomic E-state index is 10.9. The van der Waals surface area contributed by atoms with Gasteiger partial charge in [0.15, 0.2) is 0 Å². The fourth-order valence-corrected chi connectivity index (χ4v) is 3.45. The van der Waals surface area contributed by atoms with Gasteiger partial charge in [0.1, 0.15) is 11.3 Å². The Morgan fingerprint density at radius 1 is 1.30 bits per heavy atom. The van der Waals surface area contributed by atoms with Gasteiger partial charge in [-0.3, -0.25) is 0 Å². The van der Waals surface area contributed by atoms with E-state index in [-0.39, 0.29) is 0 Å². The molecule has 0 radical (unpaired) electrons. The fraction of sp³-hybridized carbons (Fsp3) is 0.438. The second-order valence-corrected chi connectivity index (χ2v) is 5.44. The second-order valence-electron chi connectivity index (χ2n) is 5.44. The van der Waals surface area contributed by atoms with Crippen molar-refractivity contribution in [2.45, 2.75) is 31.2 Å². The van der Waals surface area contributed by atoms with Crippen molar-refractivity contribution in [1.29, 1.82) is 0 Å². The monoisotopic (exact) mass is 270 g/mol. The number of ether oxygens (including phenoxy) is 1. The lowest BCUT2D eigenvalue weighted by Gasteiger charge is -2.26. The van der Waals surface area contributed by atoms with Gasteiger partial charge in [-0.1, -0.05) is 12.8 Å². The molecular formula is C16H18N2O2. The fourth-order valence-electron chi connectivity index (χ4n) is 3.45. The van der Waals surface area contributed by atoms with E-state index in [9.17, 15) is 4.79 Å². The number of aromatic nitrogens is 1. The molecule has 2 aromatic rings. The van der Waals surface area contributed by atoms with Crippen LogP contribution < -0.4 is 4.74 Å². The summed E-state index contributed by atoms with van der Waals surface area (Å²) in [7, 11) is 3.68. The molecule has 1 heterocycles. The van der Waals surface area contributed by atoms with Gasteiger partial charge in [-0.2, -0.15) is 4.99 Å². The van der Waals surface area contributed by atoms with E-state index in [1.807, 2.05) is 25.4 Å². The number of hydrogen-bond acceptors (Lipinski definition) is 3. The van der Waals surface area contributed by atoms with E-state index in [0.29, 0.717) is 0 Å². The summed E-state index contributed by atoms with van der Waals surface area (Å²) < 4.78 is 7.62. The number of hydrogen-bond donors (Lipinski definition) is 0. The quantitative estimate of drug-likeness (QED) is 0.634. The summed E-state index contributed by atoms with van der Waals surface area (Å²) in [6.07, 6.45) is 7.74. The van der Waals surface area contributed by atoms with Crippen LogP contribution in [0, 0.1) is 0 Å². The number of aryl methyl sites for hydroxylation is 1. The van der Waals surface area contributed by atoms with E-state index >= 15 is 0 Å². The van der Waals surface area contributed by atoms with Crippen LogP contribution in [0.1, 0.15) is 31.2 Å². The van der Waals surface area contributed by atoms with Crippen molar-refractivity contribution >= 4 is 17.0 Å². The number of rotatable bonds is 3. The Labute approximate surface area is 118 Å². The van der Waals surface area contributed by atoms with Gasteiger partial charge in [-0.15, -0.1) is 0 Å². The first kappa shape index (κ1) is 12.9. The summed E-state index contributed by atoms with van der Waals surface area (Å²) in [5.41, 5.74) is 1.71. The van der Waals surface area contributed by atoms with Crippen molar-refractivity contribution in [1.82, 2.24) is 4.57 Å². The molecule has 1 aliphatic carbocycles. The van der Waals surface area contributed by atoms with Crippen LogP contribution in [-0.2, 0) is 17.4 Å². The molecule has 1 aromatic carbocycles. The normalized spacial score (nSPS) is 17.1. The molecule has 1 aromatic heterocycles. The molecule has 20 heavy (non-hydrogen) atoms. The summed E-state index contributed by atoms with van der Waals surface area (Å²) >= 11 is 0. The van der Waals surface area contributed by atoms with Crippen LogP contribution in [0.15, 0.2) is 29.4 Å². The van der Waals surface area contributed by atoms with E-state index in [1.165, 1.54) is 0 Å². The summed E-state index contributed by atoms with van der Waals surface area (Å²) in [5, 5.41) is 1.12. The average Bonchev–Trinajstić information content (AvgIpc) is 3.06. The van der Waals surface area contributed by atoms with E-state index in [4.69, 9.17) is 4.74 Å². The highest BCUT2D eigenvalue weighted by molar-refractivity contribution is 5.87. The minimum Gasteiger partial charge on any atom is -0.496 e. The smallest absolute Gasteiger partial charge is 0.235 e. The molecule has 0 amide bonds. The number of methoxy groups -OCH3 is 1. The van der Waals surface area contributed by atoms with Gasteiger partial charge in [0.2, 0.25) is 6.08 Å². The van der Waals surface area contributed by atoms with E-state index < -0.39 is 5.54 Å². The predicted molar refractivity (Wildman–Crippen MR) is 77.7 cm³/mol. The van der Waals surface area contributed by atoms with Crippen molar-refractivity contribution in [2.24, 2.45) is 12.0 Å². The Bertz CT molecular complexity index is 690. The minimum atomic E-state index is -0.464. The molecule has 1 aliphatic rings. The molecule has 0 aliphatic heterocycles. The van der Waals surface area contributed by atoms with Crippen molar-refractivity contribution in [3.05, 3.63) is 30.0 Å². The van der Waals surface area contributed by atoms with Gasteiger partial charge in [-0.25, -0.2) is 4.79 Å². The summed E-state index contributed by atoms with van der Waals surface area (Å²) in [4.78, 5) is 15.1. The highest BCUT2D eigenvalue weighted by atomic mass is 16.5. The van der Waals surface area contributed by atoms with Crippen LogP contribution >= 0.6 is 0 Å². The van der Waals surface area contributed by atoms with Crippen LogP contribution in [0.4, 0.5) is 0 Å². The Balaban J connectivity index is 2.35.